The fourth-order valence-corrected chi connectivity index (χ4v) is 1.97. The third-order valence-corrected chi connectivity index (χ3v) is 3.02. The highest BCUT2D eigenvalue weighted by molar-refractivity contribution is 6.28. The summed E-state index contributed by atoms with van der Waals surface area (Å²) >= 11 is 5.66. The SMILES string of the molecule is O=C(O)C[C@H](NC(=O)OCc1ccccc1)c1ccc(Cl)o1. The molecule has 0 spiro atoms. The number of ether oxygens (including phenoxy) is 1. The number of carbonyl (C=O) groups excluding carboxylic acids is 1. The molecule has 1 atom stereocenters. The average Bonchev–Trinajstić information content (AvgIpc) is 2.92. The number of carboxylic acid groups (broad SMARTS) is 1. The summed E-state index contributed by atoms with van der Waals surface area (Å²) in [7, 11) is 0. The predicted octanol–water partition coefficient (Wildman–Crippen LogP) is 3.38. The second-order valence-corrected chi connectivity index (χ2v) is 4.87. The van der Waals surface area contributed by atoms with Gasteiger partial charge in [-0.15, -0.1) is 0 Å². The largest absolute Gasteiger partial charge is 0.481 e. The number of alkyl carbamates (subject to hydrolysis) is 1. The van der Waals surface area contributed by atoms with E-state index in [1.165, 1.54) is 12.1 Å². The Morgan fingerprint density at radius 1 is 1.23 bits per heavy atom. The number of nitrogens with one attached hydrogen (secondary N) is 1. The van der Waals surface area contributed by atoms with E-state index in [-0.39, 0.29) is 24.0 Å². The van der Waals surface area contributed by atoms with E-state index in [0.717, 1.165) is 5.56 Å². The summed E-state index contributed by atoms with van der Waals surface area (Å²) in [5.74, 6) is -0.829. The number of carboxylic acids is 1. The van der Waals surface area contributed by atoms with Gasteiger partial charge in [0.05, 0.1) is 6.42 Å². The van der Waals surface area contributed by atoms with Gasteiger partial charge in [-0.3, -0.25) is 4.79 Å². The number of benzene rings is 1. The van der Waals surface area contributed by atoms with Crippen LogP contribution in [0.15, 0.2) is 46.9 Å². The van der Waals surface area contributed by atoms with Crippen molar-refractivity contribution in [3.63, 3.8) is 0 Å². The molecule has 22 heavy (non-hydrogen) atoms. The molecular weight excluding hydrogens is 310 g/mol. The third kappa shape index (κ3) is 4.82. The molecule has 7 heteroatoms. The summed E-state index contributed by atoms with van der Waals surface area (Å²) in [5.41, 5.74) is 0.827. The van der Waals surface area contributed by atoms with Crippen molar-refractivity contribution in [3.8, 4) is 0 Å². The summed E-state index contributed by atoms with van der Waals surface area (Å²) in [6.07, 6.45) is -1.08. The summed E-state index contributed by atoms with van der Waals surface area (Å²) in [6.45, 7) is 0.0887. The molecule has 116 valence electrons. The molecule has 0 unspecified atom stereocenters. The fourth-order valence-electron chi connectivity index (χ4n) is 1.82. The van der Waals surface area contributed by atoms with Crippen molar-refractivity contribution < 1.29 is 23.8 Å². The van der Waals surface area contributed by atoms with Crippen LogP contribution < -0.4 is 5.32 Å². The molecule has 6 nitrogen and oxygen atoms in total. The summed E-state index contributed by atoms with van der Waals surface area (Å²) < 4.78 is 10.2. The Labute approximate surface area is 131 Å². The molecular formula is C15H14ClNO5. The molecule has 1 aromatic heterocycles. The molecule has 0 saturated heterocycles. The summed E-state index contributed by atoms with van der Waals surface area (Å²) in [4.78, 5) is 22.7. The normalized spacial score (nSPS) is 11.7. The number of aliphatic carboxylic acids is 1. The van der Waals surface area contributed by atoms with Gasteiger partial charge >= 0.3 is 12.1 Å². The van der Waals surface area contributed by atoms with Gasteiger partial charge in [0.15, 0.2) is 5.22 Å². The molecule has 0 aliphatic heterocycles. The van der Waals surface area contributed by atoms with E-state index in [2.05, 4.69) is 5.32 Å². The Kier molecular flexibility index (Phi) is 5.43. The van der Waals surface area contributed by atoms with E-state index in [0.29, 0.717) is 0 Å². The second-order valence-electron chi connectivity index (χ2n) is 4.50. The van der Waals surface area contributed by atoms with Crippen molar-refractivity contribution in [2.24, 2.45) is 0 Å². The zero-order valence-electron chi connectivity index (χ0n) is 11.5. The zero-order valence-corrected chi connectivity index (χ0v) is 12.2. The number of hydrogen-bond donors (Lipinski definition) is 2. The quantitative estimate of drug-likeness (QED) is 0.850. The number of halogens is 1. The Bertz CT molecular complexity index is 640. The van der Waals surface area contributed by atoms with Crippen LogP contribution in [0, 0.1) is 0 Å². The van der Waals surface area contributed by atoms with Crippen LogP contribution in [-0.2, 0) is 16.1 Å². The van der Waals surface area contributed by atoms with Crippen molar-refractivity contribution in [2.45, 2.75) is 19.1 Å². The molecule has 0 saturated carbocycles. The first-order chi connectivity index (χ1) is 10.5. The Balaban J connectivity index is 1.94. The lowest BCUT2D eigenvalue weighted by molar-refractivity contribution is -0.137. The average molecular weight is 324 g/mol. The van der Waals surface area contributed by atoms with Crippen LogP contribution in [0.1, 0.15) is 23.8 Å². The monoisotopic (exact) mass is 323 g/mol. The molecule has 2 N–H and O–H groups in total. The van der Waals surface area contributed by atoms with Crippen molar-refractivity contribution in [1.82, 2.24) is 5.32 Å². The molecule has 1 aromatic carbocycles. The number of furan rings is 1. The predicted molar refractivity (Wildman–Crippen MR) is 78.5 cm³/mol. The molecule has 0 bridgehead atoms. The highest BCUT2D eigenvalue weighted by Crippen LogP contribution is 2.22. The van der Waals surface area contributed by atoms with E-state index in [1.54, 1.807) is 0 Å². The van der Waals surface area contributed by atoms with Gasteiger partial charge in [0.2, 0.25) is 0 Å². The topological polar surface area (TPSA) is 88.8 Å². The number of amides is 1. The van der Waals surface area contributed by atoms with E-state index in [9.17, 15) is 9.59 Å². The van der Waals surface area contributed by atoms with Gasteiger partial charge in [0.1, 0.15) is 18.4 Å². The lowest BCUT2D eigenvalue weighted by Crippen LogP contribution is -2.30. The molecule has 0 aliphatic carbocycles. The number of hydrogen-bond acceptors (Lipinski definition) is 4. The lowest BCUT2D eigenvalue weighted by atomic mass is 10.1. The van der Waals surface area contributed by atoms with Crippen molar-refractivity contribution in [2.75, 3.05) is 0 Å². The molecule has 1 heterocycles. The van der Waals surface area contributed by atoms with Crippen molar-refractivity contribution in [3.05, 3.63) is 59.0 Å². The van der Waals surface area contributed by atoms with Crippen molar-refractivity contribution in [1.29, 1.82) is 0 Å². The lowest BCUT2D eigenvalue weighted by Gasteiger charge is -2.14. The first-order valence-electron chi connectivity index (χ1n) is 6.49. The Morgan fingerprint density at radius 3 is 2.55 bits per heavy atom. The van der Waals surface area contributed by atoms with Crippen LogP contribution in [0.25, 0.3) is 0 Å². The van der Waals surface area contributed by atoms with E-state index >= 15 is 0 Å². The maximum absolute atomic E-state index is 11.8. The van der Waals surface area contributed by atoms with Gasteiger partial charge in [-0.05, 0) is 29.3 Å². The van der Waals surface area contributed by atoms with Gasteiger partial charge < -0.3 is 19.6 Å². The first-order valence-corrected chi connectivity index (χ1v) is 6.86. The van der Waals surface area contributed by atoms with Crippen LogP contribution in [0.3, 0.4) is 0 Å². The fraction of sp³-hybridized carbons (Fsp3) is 0.200. The van der Waals surface area contributed by atoms with Gasteiger partial charge in [0.25, 0.3) is 0 Å². The minimum absolute atomic E-state index is 0.0887. The van der Waals surface area contributed by atoms with Crippen LogP contribution in [0.2, 0.25) is 5.22 Å². The van der Waals surface area contributed by atoms with Gasteiger partial charge in [-0.25, -0.2) is 4.79 Å². The van der Waals surface area contributed by atoms with Gasteiger partial charge in [-0.2, -0.15) is 0 Å². The molecule has 0 aliphatic rings. The molecule has 0 fully saturated rings. The van der Waals surface area contributed by atoms with E-state index in [1.807, 2.05) is 30.3 Å². The summed E-state index contributed by atoms with van der Waals surface area (Å²) in [6, 6.07) is 11.3. The van der Waals surface area contributed by atoms with Crippen LogP contribution in [-0.4, -0.2) is 17.2 Å². The van der Waals surface area contributed by atoms with E-state index < -0.39 is 18.1 Å². The molecule has 0 radical (unpaired) electrons. The highest BCUT2D eigenvalue weighted by Gasteiger charge is 2.22. The zero-order chi connectivity index (χ0) is 15.9. The van der Waals surface area contributed by atoms with Gasteiger partial charge in [0, 0.05) is 0 Å². The Morgan fingerprint density at radius 2 is 1.95 bits per heavy atom. The van der Waals surface area contributed by atoms with Crippen LogP contribution >= 0.6 is 11.6 Å². The van der Waals surface area contributed by atoms with Crippen LogP contribution in [0.5, 0.6) is 0 Å². The highest BCUT2D eigenvalue weighted by atomic mass is 35.5. The second kappa shape index (κ2) is 7.51. The number of carbonyl (C=O) groups is 2. The molecule has 2 rings (SSSR count). The van der Waals surface area contributed by atoms with E-state index in [4.69, 9.17) is 25.9 Å². The molecule has 1 amide bonds. The maximum Gasteiger partial charge on any atom is 0.408 e. The van der Waals surface area contributed by atoms with Crippen molar-refractivity contribution >= 4 is 23.7 Å². The Hall–Kier alpha value is -2.47. The minimum atomic E-state index is -1.08. The van der Waals surface area contributed by atoms with Crippen LogP contribution in [0.4, 0.5) is 4.79 Å². The minimum Gasteiger partial charge on any atom is -0.481 e. The van der Waals surface area contributed by atoms with Gasteiger partial charge in [-0.1, -0.05) is 30.3 Å². The smallest absolute Gasteiger partial charge is 0.408 e. The standard InChI is InChI=1S/C15H14ClNO5/c16-13-7-6-12(22-13)11(8-14(18)19)17-15(20)21-9-10-4-2-1-3-5-10/h1-7,11H,8-9H2,(H,17,20)(H,18,19)/t11-/m0/s1. The molecule has 2 aromatic rings. The first kappa shape index (κ1) is 15.9. The summed E-state index contributed by atoms with van der Waals surface area (Å²) in [5, 5.41) is 11.5. The number of rotatable bonds is 6. The maximum atomic E-state index is 11.8. The third-order valence-electron chi connectivity index (χ3n) is 2.82.